The molecule has 0 heterocycles. The number of hydrogen-bond acceptors (Lipinski definition) is 8. The third kappa shape index (κ3) is 13.5. The Balaban J connectivity index is 1.84. The molecule has 0 aromatic heterocycles. The molecule has 0 radical (unpaired) electrons. The molecule has 0 unspecified atom stereocenters. The number of Topliss-reactive ketones (excluding diaryl/α,β-unsaturated/α-hetero) is 2. The predicted molar refractivity (Wildman–Crippen MR) is 154 cm³/mol. The Bertz CT molecular complexity index is 1010. The van der Waals surface area contributed by atoms with Gasteiger partial charge >= 0.3 is 12.1 Å². The van der Waals surface area contributed by atoms with Crippen LogP contribution in [0.5, 0.6) is 0 Å². The zero-order valence-corrected chi connectivity index (χ0v) is 23.7. The highest BCUT2D eigenvalue weighted by Gasteiger charge is 2.24. The molecule has 0 saturated heterocycles. The van der Waals surface area contributed by atoms with Gasteiger partial charge in [-0.25, -0.2) is 9.59 Å². The normalized spacial score (nSPS) is 12.1. The number of ketones is 2. The number of carbonyl (C=O) groups excluding carboxylic acids is 3. The summed E-state index contributed by atoms with van der Waals surface area (Å²) >= 11 is 0. The van der Waals surface area contributed by atoms with E-state index in [1.165, 1.54) is 0 Å². The lowest BCUT2D eigenvalue weighted by Crippen LogP contribution is -2.44. The molecule has 40 heavy (non-hydrogen) atoms. The van der Waals surface area contributed by atoms with Crippen molar-refractivity contribution >= 4 is 23.6 Å². The first-order valence-electron chi connectivity index (χ1n) is 13.6. The standard InChI is InChI=1S/C30H42N4O6/c1-30(2,3)40-29(39)33-25(28(37)38)15-10-18-34(19-16-31-21-26(35)23-11-6-4-7-12-23)20-17-32-22-27(36)24-13-8-5-9-14-24/h4-9,11-14,25,31-32H,10,15-22H2,1-3H3,(H,33,39)(H,37,38)/t25-/m0/s1. The van der Waals surface area contributed by atoms with Crippen LogP contribution in [-0.4, -0.2) is 91.1 Å². The molecule has 0 aliphatic rings. The van der Waals surface area contributed by atoms with Crippen molar-refractivity contribution in [3.05, 3.63) is 71.8 Å². The number of amides is 1. The van der Waals surface area contributed by atoms with E-state index < -0.39 is 23.7 Å². The molecule has 2 aromatic carbocycles. The number of nitrogens with one attached hydrogen (secondary N) is 3. The van der Waals surface area contributed by atoms with Crippen LogP contribution in [-0.2, 0) is 9.53 Å². The summed E-state index contributed by atoms with van der Waals surface area (Å²) < 4.78 is 5.18. The number of hydrogen-bond donors (Lipinski definition) is 4. The van der Waals surface area contributed by atoms with Crippen molar-refractivity contribution in [1.82, 2.24) is 20.9 Å². The van der Waals surface area contributed by atoms with Crippen LogP contribution < -0.4 is 16.0 Å². The number of carboxylic acids is 1. The Labute approximate surface area is 236 Å². The van der Waals surface area contributed by atoms with Gasteiger partial charge < -0.3 is 30.7 Å². The molecular weight excluding hydrogens is 512 g/mol. The highest BCUT2D eigenvalue weighted by molar-refractivity contribution is 5.98. The number of ether oxygens (including phenoxy) is 1. The highest BCUT2D eigenvalue weighted by Crippen LogP contribution is 2.08. The van der Waals surface area contributed by atoms with Gasteiger partial charge in [0.15, 0.2) is 11.6 Å². The number of carbonyl (C=O) groups is 4. The minimum atomic E-state index is -1.13. The van der Waals surface area contributed by atoms with Gasteiger partial charge in [-0.15, -0.1) is 0 Å². The summed E-state index contributed by atoms with van der Waals surface area (Å²) in [7, 11) is 0. The molecule has 0 fully saturated rings. The molecule has 10 nitrogen and oxygen atoms in total. The molecule has 0 bridgehead atoms. The maximum Gasteiger partial charge on any atom is 0.408 e. The van der Waals surface area contributed by atoms with Crippen LogP contribution in [0.15, 0.2) is 60.7 Å². The quantitative estimate of drug-likeness (QED) is 0.162. The van der Waals surface area contributed by atoms with E-state index in [-0.39, 0.29) is 31.1 Å². The number of alkyl carbamates (subject to hydrolysis) is 1. The van der Waals surface area contributed by atoms with E-state index in [2.05, 4.69) is 20.9 Å². The van der Waals surface area contributed by atoms with Crippen molar-refractivity contribution in [1.29, 1.82) is 0 Å². The van der Waals surface area contributed by atoms with Crippen molar-refractivity contribution in [3.8, 4) is 0 Å². The molecule has 0 aliphatic heterocycles. The largest absolute Gasteiger partial charge is 0.480 e. The van der Waals surface area contributed by atoms with Gasteiger partial charge in [-0.3, -0.25) is 9.59 Å². The van der Waals surface area contributed by atoms with E-state index in [1.807, 2.05) is 36.4 Å². The molecule has 1 amide bonds. The van der Waals surface area contributed by atoms with Gasteiger partial charge in [0.1, 0.15) is 11.6 Å². The molecule has 0 saturated carbocycles. The molecule has 1 atom stereocenters. The van der Waals surface area contributed by atoms with Crippen LogP contribution in [0.3, 0.4) is 0 Å². The van der Waals surface area contributed by atoms with E-state index in [0.717, 1.165) is 0 Å². The molecule has 0 aliphatic carbocycles. The Hall–Kier alpha value is -3.60. The lowest BCUT2D eigenvalue weighted by atomic mass is 10.1. The molecule has 2 rings (SSSR count). The fourth-order valence-electron chi connectivity index (χ4n) is 3.89. The Morgan fingerprint density at radius 1 is 0.800 bits per heavy atom. The van der Waals surface area contributed by atoms with E-state index in [4.69, 9.17) is 4.74 Å². The molecule has 218 valence electrons. The van der Waals surface area contributed by atoms with Gasteiger partial charge in [0.2, 0.25) is 0 Å². The van der Waals surface area contributed by atoms with E-state index in [9.17, 15) is 24.3 Å². The Kier molecular flexibility index (Phi) is 14.0. The van der Waals surface area contributed by atoms with E-state index in [1.54, 1.807) is 45.0 Å². The smallest absolute Gasteiger partial charge is 0.408 e. The van der Waals surface area contributed by atoms with Crippen LogP contribution in [0, 0.1) is 0 Å². The molecule has 0 spiro atoms. The van der Waals surface area contributed by atoms with E-state index >= 15 is 0 Å². The average molecular weight is 555 g/mol. The summed E-state index contributed by atoms with van der Waals surface area (Å²) in [5.41, 5.74) is 0.570. The lowest BCUT2D eigenvalue weighted by molar-refractivity contribution is -0.139. The summed E-state index contributed by atoms with van der Waals surface area (Å²) in [6.07, 6.45) is -0.0276. The zero-order valence-electron chi connectivity index (χ0n) is 23.7. The number of nitrogens with zero attached hydrogens (tertiary/aromatic N) is 1. The SMILES string of the molecule is CC(C)(C)OC(=O)N[C@@H](CCCN(CCNCC(=O)c1ccccc1)CCNCC(=O)c1ccccc1)C(=O)O. The first-order valence-corrected chi connectivity index (χ1v) is 13.6. The summed E-state index contributed by atoms with van der Waals surface area (Å²) in [6, 6.07) is 17.1. The van der Waals surface area contributed by atoms with Gasteiger partial charge in [0.25, 0.3) is 0 Å². The minimum absolute atomic E-state index is 0.00533. The third-order valence-corrected chi connectivity index (χ3v) is 5.93. The maximum absolute atomic E-state index is 12.3. The fourth-order valence-corrected chi connectivity index (χ4v) is 3.89. The number of rotatable bonds is 18. The lowest BCUT2D eigenvalue weighted by Gasteiger charge is -2.24. The molecule has 4 N–H and O–H groups in total. The van der Waals surface area contributed by atoms with Crippen molar-refractivity contribution in [2.24, 2.45) is 0 Å². The van der Waals surface area contributed by atoms with Gasteiger partial charge in [-0.2, -0.15) is 0 Å². The second-order valence-corrected chi connectivity index (χ2v) is 10.5. The first-order chi connectivity index (χ1) is 19.0. The second-order valence-electron chi connectivity index (χ2n) is 10.5. The first kappa shape index (κ1) is 32.6. The molecular formula is C30H42N4O6. The second kappa shape index (κ2) is 17.2. The van der Waals surface area contributed by atoms with Gasteiger partial charge in [0, 0.05) is 37.3 Å². The van der Waals surface area contributed by atoms with Crippen molar-refractivity contribution in [2.45, 2.75) is 45.3 Å². The number of benzene rings is 2. The Morgan fingerprint density at radius 3 is 1.70 bits per heavy atom. The van der Waals surface area contributed by atoms with Crippen LogP contribution >= 0.6 is 0 Å². The maximum atomic E-state index is 12.3. The van der Waals surface area contributed by atoms with Crippen molar-refractivity contribution in [2.75, 3.05) is 45.8 Å². The van der Waals surface area contributed by atoms with Crippen molar-refractivity contribution in [3.63, 3.8) is 0 Å². The van der Waals surface area contributed by atoms with Gasteiger partial charge in [-0.05, 0) is 40.2 Å². The van der Waals surface area contributed by atoms with Crippen LogP contribution in [0.2, 0.25) is 0 Å². The monoisotopic (exact) mass is 554 g/mol. The van der Waals surface area contributed by atoms with E-state index in [0.29, 0.717) is 50.3 Å². The topological polar surface area (TPSA) is 137 Å². The molecule has 10 heteroatoms. The summed E-state index contributed by atoms with van der Waals surface area (Å²) in [5, 5.41) is 18.3. The average Bonchev–Trinajstić information content (AvgIpc) is 2.92. The van der Waals surface area contributed by atoms with Gasteiger partial charge in [-0.1, -0.05) is 60.7 Å². The zero-order chi connectivity index (χ0) is 29.4. The summed E-state index contributed by atoms with van der Waals surface area (Å²) in [5.74, 6) is -1.11. The predicted octanol–water partition coefficient (Wildman–Crippen LogP) is 2.99. The molecule has 2 aromatic rings. The van der Waals surface area contributed by atoms with Crippen LogP contribution in [0.4, 0.5) is 4.79 Å². The van der Waals surface area contributed by atoms with Gasteiger partial charge in [0.05, 0.1) is 13.1 Å². The summed E-state index contributed by atoms with van der Waals surface area (Å²) in [4.78, 5) is 50.6. The Morgan fingerprint density at radius 2 is 1.27 bits per heavy atom. The van der Waals surface area contributed by atoms with Crippen LogP contribution in [0.1, 0.15) is 54.3 Å². The van der Waals surface area contributed by atoms with Crippen LogP contribution in [0.25, 0.3) is 0 Å². The highest BCUT2D eigenvalue weighted by atomic mass is 16.6. The fraction of sp³-hybridized carbons (Fsp3) is 0.467. The van der Waals surface area contributed by atoms with Crippen molar-refractivity contribution < 1.29 is 29.0 Å². The minimum Gasteiger partial charge on any atom is -0.480 e. The summed E-state index contributed by atoms with van der Waals surface area (Å²) in [6.45, 7) is 8.48. The number of carboxylic acid groups (broad SMARTS) is 1. The third-order valence-electron chi connectivity index (χ3n) is 5.93. The number of aliphatic carboxylic acids is 1.